The Balaban J connectivity index is 2.67. The maximum atomic E-state index is 12.3. The van der Waals surface area contributed by atoms with Gasteiger partial charge in [-0.2, -0.15) is 0 Å². The normalized spacial score (nSPS) is 11.7. The van der Waals surface area contributed by atoms with Crippen LogP contribution < -0.4 is 0 Å². The van der Waals surface area contributed by atoms with Crippen molar-refractivity contribution < 1.29 is 18.4 Å². The average molecular weight is 234 g/mol. The van der Waals surface area contributed by atoms with Gasteiger partial charge in [0.25, 0.3) is 6.43 Å². The fourth-order valence-corrected chi connectivity index (χ4v) is 1.52. The Morgan fingerprint density at radius 1 is 1.44 bits per heavy atom. The highest BCUT2D eigenvalue weighted by Gasteiger charge is 2.16. The number of hydrogen-bond donors (Lipinski definition) is 1. The molecule has 0 bridgehead atoms. The molecule has 0 aliphatic carbocycles. The summed E-state index contributed by atoms with van der Waals surface area (Å²) in [5.41, 5.74) is 1.52. The van der Waals surface area contributed by atoms with Crippen LogP contribution in [0.15, 0.2) is 4.52 Å². The van der Waals surface area contributed by atoms with Gasteiger partial charge in [-0.05, 0) is 13.8 Å². The summed E-state index contributed by atoms with van der Waals surface area (Å²) < 4.78 is 29.5. The Kier molecular flexibility index (Phi) is 4.82. The van der Waals surface area contributed by atoms with E-state index in [-0.39, 0.29) is 19.7 Å². The van der Waals surface area contributed by atoms with Crippen LogP contribution in [0.2, 0.25) is 0 Å². The van der Waals surface area contributed by atoms with E-state index >= 15 is 0 Å². The summed E-state index contributed by atoms with van der Waals surface area (Å²) >= 11 is 0. The van der Waals surface area contributed by atoms with Crippen molar-refractivity contribution in [2.24, 2.45) is 0 Å². The molecule has 1 N–H and O–H groups in total. The summed E-state index contributed by atoms with van der Waals surface area (Å²) in [6, 6.07) is 0. The molecule has 0 atom stereocenters. The van der Waals surface area contributed by atoms with Crippen LogP contribution >= 0.6 is 0 Å². The van der Waals surface area contributed by atoms with Crippen LogP contribution in [0.5, 0.6) is 0 Å². The highest BCUT2D eigenvalue weighted by molar-refractivity contribution is 5.20. The van der Waals surface area contributed by atoms with Gasteiger partial charge in [0.2, 0.25) is 0 Å². The van der Waals surface area contributed by atoms with Gasteiger partial charge in [-0.15, -0.1) is 0 Å². The Morgan fingerprint density at radius 3 is 2.56 bits per heavy atom. The SMILES string of the molecule is Cc1noc(C)c1CN(CCO)CC(F)F. The van der Waals surface area contributed by atoms with E-state index in [0.29, 0.717) is 18.0 Å². The van der Waals surface area contributed by atoms with Crippen molar-refractivity contribution in [2.45, 2.75) is 26.8 Å². The van der Waals surface area contributed by atoms with Crippen LogP contribution in [-0.2, 0) is 6.54 Å². The molecule has 1 heterocycles. The molecular formula is C10H16F2N2O2. The molecule has 1 rings (SSSR count). The summed E-state index contributed by atoms with van der Waals surface area (Å²) in [4.78, 5) is 1.48. The number of alkyl halides is 2. The molecule has 0 saturated carbocycles. The molecular weight excluding hydrogens is 218 g/mol. The Labute approximate surface area is 92.8 Å². The molecule has 92 valence electrons. The average Bonchev–Trinajstić information content (AvgIpc) is 2.49. The lowest BCUT2D eigenvalue weighted by Crippen LogP contribution is -2.31. The molecule has 0 aliphatic heterocycles. The summed E-state index contributed by atoms with van der Waals surface area (Å²) in [5, 5.41) is 12.5. The van der Waals surface area contributed by atoms with Crippen molar-refractivity contribution in [1.82, 2.24) is 10.1 Å². The van der Waals surface area contributed by atoms with Gasteiger partial charge in [-0.1, -0.05) is 5.16 Å². The third-order valence-corrected chi connectivity index (χ3v) is 2.38. The number of nitrogens with zero attached hydrogens (tertiary/aromatic N) is 2. The highest BCUT2D eigenvalue weighted by atomic mass is 19.3. The highest BCUT2D eigenvalue weighted by Crippen LogP contribution is 2.15. The monoisotopic (exact) mass is 234 g/mol. The van der Waals surface area contributed by atoms with E-state index in [2.05, 4.69) is 5.16 Å². The van der Waals surface area contributed by atoms with E-state index in [1.807, 2.05) is 0 Å². The lowest BCUT2D eigenvalue weighted by Gasteiger charge is -2.20. The van der Waals surface area contributed by atoms with Crippen molar-refractivity contribution in [1.29, 1.82) is 0 Å². The smallest absolute Gasteiger partial charge is 0.251 e. The summed E-state index contributed by atoms with van der Waals surface area (Å²) in [6.07, 6.45) is -2.41. The second-order valence-corrected chi connectivity index (χ2v) is 3.65. The number of aryl methyl sites for hydroxylation is 2. The van der Waals surface area contributed by atoms with Crippen LogP contribution in [0.3, 0.4) is 0 Å². The number of aliphatic hydroxyl groups excluding tert-OH is 1. The maximum absolute atomic E-state index is 12.3. The van der Waals surface area contributed by atoms with Gasteiger partial charge in [0.15, 0.2) is 0 Å². The number of rotatable bonds is 6. The molecule has 1 aromatic heterocycles. The van der Waals surface area contributed by atoms with Crippen LogP contribution in [0, 0.1) is 13.8 Å². The first-order valence-electron chi connectivity index (χ1n) is 5.07. The van der Waals surface area contributed by atoms with E-state index in [1.165, 1.54) is 4.90 Å². The maximum Gasteiger partial charge on any atom is 0.251 e. The minimum absolute atomic E-state index is 0.143. The third kappa shape index (κ3) is 3.53. The molecule has 0 amide bonds. The van der Waals surface area contributed by atoms with Crippen molar-refractivity contribution in [3.63, 3.8) is 0 Å². The van der Waals surface area contributed by atoms with E-state index in [1.54, 1.807) is 13.8 Å². The zero-order valence-corrected chi connectivity index (χ0v) is 9.41. The molecule has 0 fully saturated rings. The molecule has 4 nitrogen and oxygen atoms in total. The first-order chi connectivity index (χ1) is 7.54. The van der Waals surface area contributed by atoms with Gasteiger partial charge in [-0.3, -0.25) is 4.90 Å². The van der Waals surface area contributed by atoms with Gasteiger partial charge in [-0.25, -0.2) is 8.78 Å². The van der Waals surface area contributed by atoms with Gasteiger partial charge in [0.05, 0.1) is 18.8 Å². The van der Waals surface area contributed by atoms with Crippen LogP contribution in [-0.4, -0.2) is 41.3 Å². The van der Waals surface area contributed by atoms with Crippen molar-refractivity contribution in [3.8, 4) is 0 Å². The zero-order chi connectivity index (χ0) is 12.1. The first kappa shape index (κ1) is 13.1. The van der Waals surface area contributed by atoms with Gasteiger partial charge in [0.1, 0.15) is 5.76 Å². The van der Waals surface area contributed by atoms with E-state index in [4.69, 9.17) is 9.63 Å². The van der Waals surface area contributed by atoms with Crippen LogP contribution in [0.4, 0.5) is 8.78 Å². The predicted molar refractivity (Wildman–Crippen MR) is 54.3 cm³/mol. The molecule has 0 saturated heterocycles. The summed E-state index contributed by atoms with van der Waals surface area (Å²) in [6.45, 7) is 3.56. The summed E-state index contributed by atoms with van der Waals surface area (Å²) in [5.74, 6) is 0.634. The fourth-order valence-electron chi connectivity index (χ4n) is 1.52. The standard InChI is InChI=1S/C10H16F2N2O2/c1-7-9(8(2)16-13-7)5-14(3-4-15)6-10(11)12/h10,15H,3-6H2,1-2H3. The molecule has 16 heavy (non-hydrogen) atoms. The van der Waals surface area contributed by atoms with Crippen molar-refractivity contribution in [3.05, 3.63) is 17.0 Å². The fraction of sp³-hybridized carbons (Fsp3) is 0.700. The number of aromatic nitrogens is 1. The molecule has 0 radical (unpaired) electrons. The molecule has 6 heteroatoms. The van der Waals surface area contributed by atoms with Crippen molar-refractivity contribution >= 4 is 0 Å². The Hall–Kier alpha value is -1.01. The molecule has 0 aliphatic rings. The quantitative estimate of drug-likeness (QED) is 0.807. The molecule has 0 aromatic carbocycles. The predicted octanol–water partition coefficient (Wildman–Crippen LogP) is 1.35. The van der Waals surface area contributed by atoms with Gasteiger partial charge < -0.3 is 9.63 Å². The number of aliphatic hydroxyl groups is 1. The second-order valence-electron chi connectivity index (χ2n) is 3.65. The van der Waals surface area contributed by atoms with E-state index in [9.17, 15) is 8.78 Å². The molecule has 0 spiro atoms. The molecule has 1 aromatic rings. The van der Waals surface area contributed by atoms with E-state index < -0.39 is 6.43 Å². The largest absolute Gasteiger partial charge is 0.395 e. The topological polar surface area (TPSA) is 49.5 Å². The van der Waals surface area contributed by atoms with Crippen LogP contribution in [0.25, 0.3) is 0 Å². The number of hydrogen-bond acceptors (Lipinski definition) is 4. The molecule has 0 unspecified atom stereocenters. The Morgan fingerprint density at radius 2 is 2.12 bits per heavy atom. The lowest BCUT2D eigenvalue weighted by molar-refractivity contribution is 0.0743. The lowest BCUT2D eigenvalue weighted by atomic mass is 10.2. The van der Waals surface area contributed by atoms with Gasteiger partial charge in [0, 0.05) is 18.7 Å². The second kappa shape index (κ2) is 5.91. The minimum Gasteiger partial charge on any atom is -0.395 e. The van der Waals surface area contributed by atoms with E-state index in [0.717, 1.165) is 5.56 Å². The zero-order valence-electron chi connectivity index (χ0n) is 9.41. The Bertz CT molecular complexity index is 309. The number of halogens is 2. The minimum atomic E-state index is -2.41. The van der Waals surface area contributed by atoms with Gasteiger partial charge >= 0.3 is 0 Å². The summed E-state index contributed by atoms with van der Waals surface area (Å²) in [7, 11) is 0. The van der Waals surface area contributed by atoms with Crippen LogP contribution in [0.1, 0.15) is 17.0 Å². The first-order valence-corrected chi connectivity index (χ1v) is 5.07. The van der Waals surface area contributed by atoms with Crippen molar-refractivity contribution in [2.75, 3.05) is 19.7 Å². The third-order valence-electron chi connectivity index (χ3n) is 2.38.